The minimum Gasteiger partial charge on any atom is -0.489 e. The van der Waals surface area contributed by atoms with Crippen molar-refractivity contribution < 1.29 is 19.4 Å². The van der Waals surface area contributed by atoms with E-state index in [1.807, 2.05) is 30.3 Å². The van der Waals surface area contributed by atoms with Gasteiger partial charge in [-0.3, -0.25) is 9.59 Å². The molecule has 3 unspecified atom stereocenters. The van der Waals surface area contributed by atoms with Crippen molar-refractivity contribution in [2.24, 2.45) is 11.8 Å². The van der Waals surface area contributed by atoms with Crippen molar-refractivity contribution in [3.63, 3.8) is 0 Å². The van der Waals surface area contributed by atoms with Crippen molar-refractivity contribution in [3.8, 4) is 5.75 Å². The van der Waals surface area contributed by atoms with Crippen LogP contribution in [0.5, 0.6) is 5.75 Å². The molecule has 0 heterocycles. The number of ether oxygens (including phenoxy) is 1. The van der Waals surface area contributed by atoms with Gasteiger partial charge in [0.2, 0.25) is 0 Å². The Morgan fingerprint density at radius 1 is 0.973 bits per heavy atom. The van der Waals surface area contributed by atoms with Gasteiger partial charge in [0.15, 0.2) is 0 Å². The van der Waals surface area contributed by atoms with E-state index in [1.54, 1.807) is 12.1 Å². The second-order valence-corrected chi connectivity index (χ2v) is 10.9. The number of hydrogen-bond donors (Lipinski definition) is 2. The van der Waals surface area contributed by atoms with Crippen LogP contribution in [0.15, 0.2) is 66.7 Å². The second-order valence-electron chi connectivity index (χ2n) is 10.1. The number of hydrogen-bond acceptors (Lipinski definition) is 3. The third kappa shape index (κ3) is 5.34. The maximum Gasteiger partial charge on any atom is 0.305 e. The number of rotatable bonds is 9. The summed E-state index contributed by atoms with van der Waals surface area (Å²) in [6.07, 6.45) is 4.71. The zero-order valence-corrected chi connectivity index (χ0v) is 21.9. The third-order valence-corrected chi connectivity index (χ3v) is 8.50. The Morgan fingerprint density at radius 3 is 2.27 bits per heavy atom. The van der Waals surface area contributed by atoms with Gasteiger partial charge in [0.25, 0.3) is 5.91 Å². The molecule has 192 valence electrons. The number of aliphatic carboxylic acids is 1. The lowest BCUT2D eigenvalue weighted by Crippen LogP contribution is -2.34. The molecule has 3 atom stereocenters. The molecule has 5 rings (SSSR count). The standard InChI is InChI=1S/C30H29Cl2NO4/c31-25-10-4-21(27(32)16-25)18-37-26-11-8-23(9-12-26)30(17-19-1-5-24(30)15-19)22-6-2-20(3-7-22)29(36)33-14-13-28(34)35/h2-4,6-12,16,19,24H,1,5,13-15,17-18H2,(H,33,36)(H,34,35). The van der Waals surface area contributed by atoms with E-state index >= 15 is 0 Å². The minimum atomic E-state index is -0.931. The van der Waals surface area contributed by atoms with E-state index < -0.39 is 5.97 Å². The summed E-state index contributed by atoms with van der Waals surface area (Å²) in [6, 6.07) is 21.6. The molecule has 0 saturated heterocycles. The van der Waals surface area contributed by atoms with Crippen molar-refractivity contribution in [1.29, 1.82) is 0 Å². The number of carboxylic acid groups (broad SMARTS) is 1. The molecule has 0 radical (unpaired) electrons. The van der Waals surface area contributed by atoms with Gasteiger partial charge < -0.3 is 15.2 Å². The quantitative estimate of drug-likeness (QED) is 0.311. The van der Waals surface area contributed by atoms with Gasteiger partial charge in [-0.05, 0) is 78.6 Å². The number of nitrogens with one attached hydrogen (secondary N) is 1. The maximum absolute atomic E-state index is 12.4. The molecular weight excluding hydrogens is 509 g/mol. The highest BCUT2D eigenvalue weighted by atomic mass is 35.5. The molecule has 2 N–H and O–H groups in total. The van der Waals surface area contributed by atoms with E-state index in [0.29, 0.717) is 34.1 Å². The Balaban J connectivity index is 1.34. The Morgan fingerprint density at radius 2 is 1.68 bits per heavy atom. The Kier molecular flexibility index (Phi) is 7.45. The van der Waals surface area contributed by atoms with Crippen LogP contribution < -0.4 is 10.1 Å². The zero-order valence-electron chi connectivity index (χ0n) is 20.4. The Bertz CT molecular complexity index is 1290. The number of amides is 1. The lowest BCUT2D eigenvalue weighted by molar-refractivity contribution is -0.136. The minimum absolute atomic E-state index is 0.0841. The zero-order chi connectivity index (χ0) is 26.0. The summed E-state index contributed by atoms with van der Waals surface area (Å²) in [5.41, 5.74) is 3.83. The molecule has 2 bridgehead atoms. The average molecular weight is 538 g/mol. The van der Waals surface area contributed by atoms with Crippen molar-refractivity contribution >= 4 is 35.1 Å². The summed E-state index contributed by atoms with van der Waals surface area (Å²) in [7, 11) is 0. The fraction of sp³-hybridized carbons (Fsp3) is 0.333. The van der Waals surface area contributed by atoms with Crippen molar-refractivity contribution in [3.05, 3.63) is 99.0 Å². The number of carbonyl (C=O) groups excluding carboxylic acids is 1. The molecule has 2 aliphatic carbocycles. The van der Waals surface area contributed by atoms with Gasteiger partial charge in [0, 0.05) is 33.1 Å². The molecule has 37 heavy (non-hydrogen) atoms. The highest BCUT2D eigenvalue weighted by Crippen LogP contribution is 2.60. The molecule has 3 aromatic rings. The Labute approximate surface area is 226 Å². The van der Waals surface area contributed by atoms with Crippen molar-refractivity contribution in [2.45, 2.75) is 44.1 Å². The first-order valence-electron chi connectivity index (χ1n) is 12.6. The first kappa shape index (κ1) is 25.6. The molecule has 0 aliphatic heterocycles. The fourth-order valence-electron chi connectivity index (χ4n) is 6.16. The van der Waals surface area contributed by atoms with Crippen LogP contribution in [0.1, 0.15) is 59.2 Å². The van der Waals surface area contributed by atoms with Crippen LogP contribution in [0, 0.1) is 11.8 Å². The van der Waals surface area contributed by atoms with Crippen LogP contribution in [0.3, 0.4) is 0 Å². The summed E-state index contributed by atoms with van der Waals surface area (Å²) in [4.78, 5) is 23.2. The first-order valence-corrected chi connectivity index (χ1v) is 13.4. The molecule has 0 aromatic heterocycles. The topological polar surface area (TPSA) is 75.6 Å². The van der Waals surface area contributed by atoms with Crippen molar-refractivity contribution in [2.75, 3.05) is 6.54 Å². The largest absolute Gasteiger partial charge is 0.489 e. The molecule has 1 amide bonds. The molecular formula is C30H29Cl2NO4. The first-order chi connectivity index (χ1) is 17.8. The molecule has 5 nitrogen and oxygen atoms in total. The van der Waals surface area contributed by atoms with E-state index in [0.717, 1.165) is 17.7 Å². The summed E-state index contributed by atoms with van der Waals surface area (Å²) >= 11 is 12.3. The predicted octanol–water partition coefficient (Wildman–Crippen LogP) is 6.88. The summed E-state index contributed by atoms with van der Waals surface area (Å²) in [6.45, 7) is 0.476. The van der Waals surface area contributed by atoms with E-state index in [2.05, 4.69) is 29.6 Å². The van der Waals surface area contributed by atoms with E-state index in [9.17, 15) is 9.59 Å². The van der Waals surface area contributed by atoms with E-state index in [1.165, 1.54) is 30.4 Å². The lowest BCUT2D eigenvalue weighted by Gasteiger charge is -2.39. The number of fused-ring (bicyclic) bond motifs is 2. The molecule has 0 spiro atoms. The van der Waals surface area contributed by atoms with Crippen LogP contribution >= 0.6 is 23.2 Å². The lowest BCUT2D eigenvalue weighted by atomic mass is 9.64. The van der Waals surface area contributed by atoms with E-state index in [4.69, 9.17) is 33.0 Å². The van der Waals surface area contributed by atoms with Crippen LogP contribution in [0.25, 0.3) is 0 Å². The van der Waals surface area contributed by atoms with Crippen LogP contribution in [-0.4, -0.2) is 23.5 Å². The molecule has 2 saturated carbocycles. The number of carboxylic acids is 1. The summed E-state index contributed by atoms with van der Waals surface area (Å²) in [5.74, 6) is 0.872. The number of halogens is 2. The van der Waals surface area contributed by atoms with Gasteiger partial charge in [-0.15, -0.1) is 0 Å². The monoisotopic (exact) mass is 537 g/mol. The van der Waals surface area contributed by atoms with Gasteiger partial charge in [-0.2, -0.15) is 0 Å². The molecule has 2 aliphatic rings. The van der Waals surface area contributed by atoms with Gasteiger partial charge in [-0.25, -0.2) is 0 Å². The molecule has 7 heteroatoms. The highest BCUT2D eigenvalue weighted by molar-refractivity contribution is 6.35. The van der Waals surface area contributed by atoms with Gasteiger partial charge in [0.05, 0.1) is 6.42 Å². The summed E-state index contributed by atoms with van der Waals surface area (Å²) < 4.78 is 6.01. The van der Waals surface area contributed by atoms with Crippen LogP contribution in [0.4, 0.5) is 0 Å². The van der Waals surface area contributed by atoms with Crippen molar-refractivity contribution in [1.82, 2.24) is 5.32 Å². The summed E-state index contributed by atoms with van der Waals surface area (Å²) in [5, 5.41) is 12.7. The SMILES string of the molecule is O=C(O)CCNC(=O)c1ccc(C2(c3ccc(OCc4ccc(Cl)cc4Cl)cc3)CC3CCC2C3)cc1. The second kappa shape index (κ2) is 10.8. The van der Waals surface area contributed by atoms with Gasteiger partial charge in [0.1, 0.15) is 12.4 Å². The highest BCUT2D eigenvalue weighted by Gasteiger charge is 2.52. The predicted molar refractivity (Wildman–Crippen MR) is 144 cm³/mol. The van der Waals surface area contributed by atoms with E-state index in [-0.39, 0.29) is 24.3 Å². The number of benzene rings is 3. The van der Waals surface area contributed by atoms with Gasteiger partial charge in [-0.1, -0.05) is 60.0 Å². The van der Waals surface area contributed by atoms with Crippen LogP contribution in [0.2, 0.25) is 10.0 Å². The third-order valence-electron chi connectivity index (χ3n) is 7.91. The molecule has 2 fully saturated rings. The number of carbonyl (C=O) groups is 2. The normalized spacial score (nSPS) is 22.1. The van der Waals surface area contributed by atoms with Gasteiger partial charge >= 0.3 is 5.97 Å². The Hall–Kier alpha value is -3.02. The fourth-order valence-corrected chi connectivity index (χ4v) is 6.62. The maximum atomic E-state index is 12.4. The molecule has 3 aromatic carbocycles. The smallest absolute Gasteiger partial charge is 0.305 e. The average Bonchev–Trinajstić information content (AvgIpc) is 3.51. The van der Waals surface area contributed by atoms with Crippen LogP contribution in [-0.2, 0) is 16.8 Å².